The molecule has 1 fully saturated rings. The number of anilines is 1. The lowest BCUT2D eigenvalue weighted by atomic mass is 9.95. The van der Waals surface area contributed by atoms with E-state index in [0.29, 0.717) is 12.6 Å². The summed E-state index contributed by atoms with van der Waals surface area (Å²) in [6.07, 6.45) is 17.5. The molecule has 2 amide bonds. The van der Waals surface area contributed by atoms with Crippen LogP contribution in [-0.4, -0.2) is 49.0 Å². The normalized spacial score (nSPS) is 26.5. The molecule has 1 N–H and O–H groups in total. The van der Waals surface area contributed by atoms with Gasteiger partial charge in [0, 0.05) is 37.8 Å². The molecular formula is C27H42N4O. The molecule has 32 heavy (non-hydrogen) atoms. The van der Waals surface area contributed by atoms with E-state index in [2.05, 4.69) is 39.5 Å². The number of carbonyl (C=O) groups is 1. The molecule has 0 radical (unpaired) electrons. The van der Waals surface area contributed by atoms with Gasteiger partial charge in [-0.1, -0.05) is 63.5 Å². The number of aryl methyl sites for hydroxylation is 1. The fourth-order valence-electron chi connectivity index (χ4n) is 5.39. The minimum Gasteiger partial charge on any atom is -0.371 e. The zero-order valence-electron chi connectivity index (χ0n) is 19.9. The van der Waals surface area contributed by atoms with Gasteiger partial charge in [-0.25, -0.2) is 4.79 Å². The van der Waals surface area contributed by atoms with Crippen molar-refractivity contribution in [3.63, 3.8) is 0 Å². The monoisotopic (exact) mass is 438 g/mol. The Balaban J connectivity index is 1.53. The fraction of sp³-hybridized carbons (Fsp3) is 0.704. The maximum atomic E-state index is 13.3. The third kappa shape index (κ3) is 7.06. The van der Waals surface area contributed by atoms with Crippen LogP contribution >= 0.6 is 0 Å². The van der Waals surface area contributed by atoms with Gasteiger partial charge >= 0.3 is 6.03 Å². The number of fused-ring (bicyclic) bond motifs is 10. The summed E-state index contributed by atoms with van der Waals surface area (Å²) >= 11 is 0. The number of urea groups is 1. The van der Waals surface area contributed by atoms with Crippen LogP contribution in [-0.2, 0) is 6.42 Å². The standard InChI is InChI=1S/C27H42N4O/c32-27-29-26(28-24-12-8-6-9-13-24)18-20-30-19-10-5-3-1-2-4-7-11-23-14-16-25(17-15-23)31(27)22-21-30/h14-17,24H,1-13,18-22H2,(H,28,29,32). The molecule has 3 heterocycles. The van der Waals surface area contributed by atoms with Crippen LogP contribution in [0.25, 0.3) is 0 Å². The van der Waals surface area contributed by atoms with Crippen LogP contribution in [0.2, 0.25) is 0 Å². The zero-order chi connectivity index (χ0) is 22.0. The van der Waals surface area contributed by atoms with E-state index < -0.39 is 0 Å². The Bertz CT molecular complexity index is 739. The van der Waals surface area contributed by atoms with Crippen LogP contribution in [0.4, 0.5) is 10.5 Å². The summed E-state index contributed by atoms with van der Waals surface area (Å²) in [5.74, 6) is 0.893. The Morgan fingerprint density at radius 3 is 2.19 bits per heavy atom. The Kier molecular flexibility index (Phi) is 9.01. The fourth-order valence-corrected chi connectivity index (χ4v) is 5.39. The van der Waals surface area contributed by atoms with Crippen molar-refractivity contribution >= 4 is 17.6 Å². The van der Waals surface area contributed by atoms with Crippen LogP contribution in [0.5, 0.6) is 0 Å². The van der Waals surface area contributed by atoms with Crippen molar-refractivity contribution < 1.29 is 4.79 Å². The van der Waals surface area contributed by atoms with Crippen molar-refractivity contribution in [1.82, 2.24) is 10.2 Å². The Labute approximate surface area is 194 Å². The number of aliphatic imine (C=N–C) groups is 1. The molecule has 1 unspecified atom stereocenters. The minimum atomic E-state index is -0.115. The highest BCUT2D eigenvalue weighted by atomic mass is 16.2. The van der Waals surface area contributed by atoms with Crippen molar-refractivity contribution in [2.24, 2.45) is 4.99 Å². The van der Waals surface area contributed by atoms with Gasteiger partial charge < -0.3 is 10.2 Å². The zero-order valence-corrected chi connectivity index (χ0v) is 19.9. The first-order chi connectivity index (χ1) is 15.8. The second-order valence-electron chi connectivity index (χ2n) is 9.95. The van der Waals surface area contributed by atoms with Crippen molar-refractivity contribution in [3.05, 3.63) is 29.8 Å². The lowest BCUT2D eigenvalue weighted by Gasteiger charge is -2.26. The molecule has 1 aromatic carbocycles. The Morgan fingerprint density at radius 1 is 0.719 bits per heavy atom. The van der Waals surface area contributed by atoms with Gasteiger partial charge in [0.1, 0.15) is 5.84 Å². The largest absolute Gasteiger partial charge is 0.371 e. The molecular weight excluding hydrogens is 396 g/mol. The molecule has 4 bridgehead atoms. The number of amidine groups is 1. The van der Waals surface area contributed by atoms with E-state index in [-0.39, 0.29) is 6.03 Å². The van der Waals surface area contributed by atoms with E-state index in [0.717, 1.165) is 44.0 Å². The third-order valence-electron chi connectivity index (χ3n) is 7.43. The first-order valence-corrected chi connectivity index (χ1v) is 13.2. The van der Waals surface area contributed by atoms with Crippen LogP contribution in [0, 0.1) is 0 Å². The number of carbonyl (C=O) groups excluding carboxylic acids is 1. The Morgan fingerprint density at radius 2 is 1.41 bits per heavy atom. The average Bonchev–Trinajstić information content (AvgIpc) is 2.88. The minimum absolute atomic E-state index is 0.115. The van der Waals surface area contributed by atoms with Crippen molar-refractivity contribution in [2.75, 3.05) is 31.1 Å². The number of nitrogens with one attached hydrogen (secondary N) is 1. The number of hydrogen-bond acceptors (Lipinski definition) is 3. The molecule has 5 rings (SSSR count). The van der Waals surface area contributed by atoms with Gasteiger partial charge in [-0.3, -0.25) is 4.90 Å². The lowest BCUT2D eigenvalue weighted by molar-refractivity contribution is 0.251. The highest BCUT2D eigenvalue weighted by Crippen LogP contribution is 2.21. The summed E-state index contributed by atoms with van der Waals surface area (Å²) < 4.78 is 0. The summed E-state index contributed by atoms with van der Waals surface area (Å²) in [6.45, 7) is 3.73. The van der Waals surface area contributed by atoms with E-state index in [1.165, 1.54) is 82.6 Å². The summed E-state index contributed by atoms with van der Waals surface area (Å²) in [6, 6.07) is 9.01. The highest BCUT2D eigenvalue weighted by molar-refractivity contribution is 6.01. The molecule has 0 aromatic heterocycles. The van der Waals surface area contributed by atoms with Gasteiger partial charge in [0.05, 0.1) is 0 Å². The van der Waals surface area contributed by atoms with Crippen LogP contribution in [0.1, 0.15) is 89.0 Å². The maximum Gasteiger partial charge on any atom is 0.349 e. The first kappa shape index (κ1) is 23.3. The van der Waals surface area contributed by atoms with Crippen molar-refractivity contribution in [1.29, 1.82) is 0 Å². The van der Waals surface area contributed by atoms with Crippen molar-refractivity contribution in [3.8, 4) is 0 Å². The number of rotatable bonds is 1. The van der Waals surface area contributed by atoms with E-state index in [1.54, 1.807) is 0 Å². The van der Waals surface area contributed by atoms with Gasteiger partial charge in [0.15, 0.2) is 0 Å². The molecule has 0 saturated heterocycles. The lowest BCUT2D eigenvalue weighted by Crippen LogP contribution is -2.38. The SMILES string of the molecule is O=C1/N=C(/NC2CCCCC2)CCN2CCCCCCCCCc3ccc(cc3)N1CC2. The molecule has 0 spiro atoms. The summed E-state index contributed by atoms with van der Waals surface area (Å²) in [5.41, 5.74) is 2.35. The summed E-state index contributed by atoms with van der Waals surface area (Å²) in [4.78, 5) is 22.4. The predicted octanol–water partition coefficient (Wildman–Crippen LogP) is 5.93. The quantitative estimate of drug-likeness (QED) is 0.591. The van der Waals surface area contributed by atoms with Crippen LogP contribution < -0.4 is 10.2 Å². The van der Waals surface area contributed by atoms with Gasteiger partial charge in [-0.05, 0) is 56.3 Å². The van der Waals surface area contributed by atoms with E-state index in [1.807, 2.05) is 4.90 Å². The Hall–Kier alpha value is -1.88. The average molecular weight is 439 g/mol. The molecule has 176 valence electrons. The van der Waals surface area contributed by atoms with Gasteiger partial charge in [0.25, 0.3) is 0 Å². The number of amides is 2. The van der Waals surface area contributed by atoms with Gasteiger partial charge in [-0.15, -0.1) is 0 Å². The first-order valence-electron chi connectivity index (χ1n) is 13.2. The number of benzene rings is 1. The van der Waals surface area contributed by atoms with E-state index in [4.69, 9.17) is 0 Å². The second kappa shape index (κ2) is 12.4. The molecule has 5 nitrogen and oxygen atoms in total. The molecule has 5 heteroatoms. The molecule has 3 aliphatic heterocycles. The molecule has 1 aromatic rings. The molecule has 4 aliphatic rings. The van der Waals surface area contributed by atoms with E-state index >= 15 is 0 Å². The molecule has 1 atom stereocenters. The van der Waals surface area contributed by atoms with E-state index in [9.17, 15) is 4.79 Å². The van der Waals surface area contributed by atoms with Gasteiger partial charge in [0.2, 0.25) is 0 Å². The van der Waals surface area contributed by atoms with Crippen molar-refractivity contribution in [2.45, 2.75) is 95.9 Å². The number of nitrogens with zero attached hydrogens (tertiary/aromatic N) is 3. The summed E-state index contributed by atoms with van der Waals surface area (Å²) in [7, 11) is 0. The van der Waals surface area contributed by atoms with Crippen LogP contribution in [0.15, 0.2) is 29.3 Å². The topological polar surface area (TPSA) is 47.9 Å². The highest BCUT2D eigenvalue weighted by Gasteiger charge is 2.22. The summed E-state index contributed by atoms with van der Waals surface area (Å²) in [5, 5.41) is 3.66. The number of hydrogen-bond donors (Lipinski definition) is 1. The van der Waals surface area contributed by atoms with Crippen LogP contribution in [0.3, 0.4) is 0 Å². The smallest absolute Gasteiger partial charge is 0.349 e. The predicted molar refractivity (Wildman–Crippen MR) is 134 cm³/mol. The molecule has 1 aliphatic carbocycles. The maximum absolute atomic E-state index is 13.3. The molecule has 1 saturated carbocycles. The second-order valence-corrected chi connectivity index (χ2v) is 9.95. The van der Waals surface area contributed by atoms with Gasteiger partial charge in [-0.2, -0.15) is 4.99 Å². The third-order valence-corrected chi connectivity index (χ3v) is 7.43.